The summed E-state index contributed by atoms with van der Waals surface area (Å²) < 4.78 is 12.3. The van der Waals surface area contributed by atoms with E-state index in [0.717, 1.165) is 22.8 Å². The molecule has 0 saturated heterocycles. The van der Waals surface area contributed by atoms with Gasteiger partial charge in [0, 0.05) is 28.8 Å². The Morgan fingerprint density at radius 2 is 1.75 bits per heavy atom. The number of esters is 1. The Morgan fingerprint density at radius 3 is 2.36 bits per heavy atom. The summed E-state index contributed by atoms with van der Waals surface area (Å²) in [6.07, 6.45) is 2.80. The average Bonchev–Trinajstić information content (AvgIpc) is 3.00. The normalized spacial score (nSPS) is 10.6. The van der Waals surface area contributed by atoms with Crippen molar-refractivity contribution in [3.8, 4) is 11.4 Å². The lowest BCUT2D eigenvalue weighted by Gasteiger charge is -2.10. The Balaban J connectivity index is 1.75. The fraction of sp³-hybridized carbons (Fsp3) is 0.238. The summed E-state index contributed by atoms with van der Waals surface area (Å²) in [4.78, 5) is 32.6. The third-order valence-corrected chi connectivity index (χ3v) is 4.39. The number of hydrogen-bond donors (Lipinski definition) is 0. The number of aryl methyl sites for hydroxylation is 2. The van der Waals surface area contributed by atoms with E-state index in [2.05, 4.69) is 9.97 Å². The molecule has 3 aromatic rings. The van der Waals surface area contributed by atoms with Gasteiger partial charge in [0.1, 0.15) is 5.75 Å². The van der Waals surface area contributed by atoms with Crippen LogP contribution in [-0.2, 0) is 4.74 Å². The Kier molecular flexibility index (Phi) is 5.54. The molecule has 144 valence electrons. The Labute approximate surface area is 163 Å². The van der Waals surface area contributed by atoms with E-state index in [1.165, 1.54) is 12.4 Å². The molecule has 0 saturated carbocycles. The van der Waals surface area contributed by atoms with Crippen LogP contribution in [0.5, 0.6) is 5.75 Å². The highest BCUT2D eigenvalue weighted by Crippen LogP contribution is 2.23. The highest BCUT2D eigenvalue weighted by molar-refractivity contribution is 6.00. The summed E-state index contributed by atoms with van der Waals surface area (Å²) >= 11 is 0. The maximum atomic E-state index is 12.6. The van der Waals surface area contributed by atoms with Crippen LogP contribution in [0.4, 0.5) is 0 Å². The van der Waals surface area contributed by atoms with Crippen LogP contribution in [-0.4, -0.2) is 40.0 Å². The van der Waals surface area contributed by atoms with Crippen molar-refractivity contribution in [2.24, 2.45) is 0 Å². The van der Waals surface area contributed by atoms with Crippen LogP contribution in [0.3, 0.4) is 0 Å². The topological polar surface area (TPSA) is 83.3 Å². The van der Waals surface area contributed by atoms with Gasteiger partial charge in [-0.1, -0.05) is 0 Å². The molecule has 0 radical (unpaired) electrons. The van der Waals surface area contributed by atoms with Crippen LogP contribution in [0.2, 0.25) is 0 Å². The zero-order valence-corrected chi connectivity index (χ0v) is 16.2. The van der Waals surface area contributed by atoms with E-state index in [9.17, 15) is 9.59 Å². The second-order valence-electron chi connectivity index (χ2n) is 6.36. The molecule has 0 spiro atoms. The molecule has 0 amide bonds. The molecule has 0 bridgehead atoms. The van der Waals surface area contributed by atoms with E-state index < -0.39 is 5.97 Å². The van der Waals surface area contributed by atoms with Crippen molar-refractivity contribution < 1.29 is 19.1 Å². The van der Waals surface area contributed by atoms with Gasteiger partial charge in [0.05, 0.1) is 19.0 Å². The fourth-order valence-corrected chi connectivity index (χ4v) is 2.95. The van der Waals surface area contributed by atoms with Crippen molar-refractivity contribution in [1.82, 2.24) is 14.5 Å². The number of benzene rings is 1. The Hall–Kier alpha value is -3.48. The molecule has 3 rings (SSSR count). The summed E-state index contributed by atoms with van der Waals surface area (Å²) in [6.45, 7) is 5.19. The molecule has 7 heteroatoms. The fourth-order valence-electron chi connectivity index (χ4n) is 2.95. The first-order valence-electron chi connectivity index (χ1n) is 8.73. The lowest BCUT2D eigenvalue weighted by molar-refractivity contribution is 0.0468. The number of methoxy groups -OCH3 is 1. The van der Waals surface area contributed by atoms with Gasteiger partial charge in [-0.3, -0.25) is 9.78 Å². The average molecular weight is 379 g/mol. The van der Waals surface area contributed by atoms with E-state index in [-0.39, 0.29) is 18.1 Å². The minimum Gasteiger partial charge on any atom is -0.497 e. The molecule has 2 heterocycles. The number of Topliss-reactive ketones (excluding diaryl/α,β-unsaturated/α-hetero) is 1. The van der Waals surface area contributed by atoms with Crippen molar-refractivity contribution in [2.75, 3.05) is 13.7 Å². The number of hydrogen-bond acceptors (Lipinski definition) is 6. The molecule has 1 aromatic carbocycles. The van der Waals surface area contributed by atoms with Gasteiger partial charge in [0.25, 0.3) is 0 Å². The molecule has 28 heavy (non-hydrogen) atoms. The zero-order valence-electron chi connectivity index (χ0n) is 16.2. The molecule has 0 N–H and O–H groups in total. The standard InChI is InChI=1S/C21H21N3O4/c1-13-10-23-19(11-22-13)21(26)28-12-20(25)18-9-14(2)24(15(18)3)16-5-7-17(27-4)8-6-16/h5-11H,12H2,1-4H3. The van der Waals surface area contributed by atoms with Crippen LogP contribution in [0.1, 0.15) is 37.9 Å². The van der Waals surface area contributed by atoms with Crippen LogP contribution < -0.4 is 4.74 Å². The number of carbonyl (C=O) groups is 2. The number of carbonyl (C=O) groups excluding carboxylic acids is 2. The van der Waals surface area contributed by atoms with E-state index in [4.69, 9.17) is 9.47 Å². The van der Waals surface area contributed by atoms with Crippen molar-refractivity contribution >= 4 is 11.8 Å². The molecular weight excluding hydrogens is 358 g/mol. The monoisotopic (exact) mass is 379 g/mol. The number of rotatable bonds is 6. The van der Waals surface area contributed by atoms with E-state index in [1.807, 2.05) is 42.7 Å². The first-order valence-corrected chi connectivity index (χ1v) is 8.73. The van der Waals surface area contributed by atoms with Crippen molar-refractivity contribution in [1.29, 1.82) is 0 Å². The second kappa shape index (κ2) is 8.04. The second-order valence-corrected chi connectivity index (χ2v) is 6.36. The van der Waals surface area contributed by atoms with Gasteiger partial charge in [-0.15, -0.1) is 0 Å². The highest BCUT2D eigenvalue weighted by atomic mass is 16.5. The largest absolute Gasteiger partial charge is 0.497 e. The quantitative estimate of drug-likeness (QED) is 0.483. The van der Waals surface area contributed by atoms with Gasteiger partial charge in [-0.2, -0.15) is 0 Å². The zero-order chi connectivity index (χ0) is 20.3. The van der Waals surface area contributed by atoms with E-state index in [0.29, 0.717) is 11.3 Å². The molecule has 7 nitrogen and oxygen atoms in total. The SMILES string of the molecule is COc1ccc(-n2c(C)cc(C(=O)COC(=O)c3cnc(C)cn3)c2C)cc1. The number of ether oxygens (including phenoxy) is 2. The Morgan fingerprint density at radius 1 is 1.04 bits per heavy atom. The lowest BCUT2D eigenvalue weighted by Crippen LogP contribution is -2.16. The predicted octanol–water partition coefficient (Wildman–Crippen LogP) is 3.24. The lowest BCUT2D eigenvalue weighted by atomic mass is 10.1. The number of nitrogens with zero attached hydrogens (tertiary/aromatic N) is 3. The summed E-state index contributed by atoms with van der Waals surface area (Å²) in [5, 5.41) is 0. The van der Waals surface area contributed by atoms with Crippen LogP contribution in [0.25, 0.3) is 5.69 Å². The number of ketones is 1. The molecule has 0 aliphatic heterocycles. The molecule has 0 aliphatic carbocycles. The van der Waals surface area contributed by atoms with Crippen molar-refractivity contribution in [2.45, 2.75) is 20.8 Å². The van der Waals surface area contributed by atoms with Gasteiger partial charge < -0.3 is 14.0 Å². The van der Waals surface area contributed by atoms with Crippen LogP contribution in [0.15, 0.2) is 42.7 Å². The van der Waals surface area contributed by atoms with E-state index in [1.54, 1.807) is 20.1 Å². The summed E-state index contributed by atoms with van der Waals surface area (Å²) in [6, 6.07) is 9.36. The van der Waals surface area contributed by atoms with Crippen LogP contribution in [0, 0.1) is 20.8 Å². The van der Waals surface area contributed by atoms with Gasteiger partial charge in [-0.25, -0.2) is 9.78 Å². The number of aromatic nitrogens is 3. The maximum Gasteiger partial charge on any atom is 0.358 e. The van der Waals surface area contributed by atoms with Gasteiger partial charge >= 0.3 is 5.97 Å². The van der Waals surface area contributed by atoms with Gasteiger partial charge in [0.2, 0.25) is 5.78 Å². The smallest absolute Gasteiger partial charge is 0.358 e. The van der Waals surface area contributed by atoms with E-state index >= 15 is 0 Å². The third kappa shape index (κ3) is 3.93. The van der Waals surface area contributed by atoms with Crippen molar-refractivity contribution in [3.63, 3.8) is 0 Å². The summed E-state index contributed by atoms with van der Waals surface area (Å²) in [5.74, 6) is -0.195. The van der Waals surface area contributed by atoms with Crippen molar-refractivity contribution in [3.05, 3.63) is 71.1 Å². The van der Waals surface area contributed by atoms with Crippen LogP contribution >= 0.6 is 0 Å². The molecule has 2 aromatic heterocycles. The molecular formula is C21H21N3O4. The Bertz CT molecular complexity index is 1010. The predicted molar refractivity (Wildman–Crippen MR) is 103 cm³/mol. The first kappa shape index (κ1) is 19.3. The minimum atomic E-state index is -0.676. The molecule has 0 aliphatic rings. The first-order chi connectivity index (χ1) is 13.4. The molecule has 0 unspecified atom stereocenters. The van der Waals surface area contributed by atoms with Gasteiger partial charge in [0.15, 0.2) is 12.3 Å². The summed E-state index contributed by atoms with van der Waals surface area (Å²) in [5.41, 5.74) is 3.87. The summed E-state index contributed by atoms with van der Waals surface area (Å²) in [7, 11) is 1.61. The highest BCUT2D eigenvalue weighted by Gasteiger charge is 2.19. The molecule has 0 fully saturated rings. The van der Waals surface area contributed by atoms with Gasteiger partial charge in [-0.05, 0) is 51.1 Å². The minimum absolute atomic E-state index is 0.0714. The maximum absolute atomic E-state index is 12.6. The third-order valence-electron chi connectivity index (χ3n) is 4.39. The molecule has 0 atom stereocenters.